The molecule has 1 aromatic carbocycles. The summed E-state index contributed by atoms with van der Waals surface area (Å²) in [6, 6.07) is 4.68. The molecule has 0 amide bonds. The van der Waals surface area contributed by atoms with Crippen molar-refractivity contribution >= 4 is 38.4 Å². The lowest BCUT2D eigenvalue weighted by atomic mass is 9.93. The Morgan fingerprint density at radius 3 is 2.80 bits per heavy atom. The summed E-state index contributed by atoms with van der Waals surface area (Å²) in [5.74, 6) is -0.268. The third-order valence-corrected chi connectivity index (χ3v) is 4.01. The number of halogens is 1. The zero-order valence-electron chi connectivity index (χ0n) is 10.5. The van der Waals surface area contributed by atoms with Crippen molar-refractivity contribution in [3.8, 4) is 0 Å². The van der Waals surface area contributed by atoms with Crippen molar-refractivity contribution in [3.63, 3.8) is 0 Å². The number of hydrogen-bond donors (Lipinski definition) is 0. The summed E-state index contributed by atoms with van der Waals surface area (Å²) >= 11 is 3.32. The summed E-state index contributed by atoms with van der Waals surface area (Å²) in [6.07, 6.45) is 2.02. The summed E-state index contributed by atoms with van der Waals surface area (Å²) in [6.45, 7) is 0. The van der Waals surface area contributed by atoms with Crippen molar-refractivity contribution < 1.29 is 9.59 Å². The molecule has 0 N–H and O–H groups in total. The monoisotopic (exact) mass is 334 g/mol. The van der Waals surface area contributed by atoms with E-state index in [4.69, 9.17) is 0 Å². The highest BCUT2D eigenvalue weighted by Crippen LogP contribution is 2.23. The van der Waals surface area contributed by atoms with Crippen molar-refractivity contribution in [3.05, 3.63) is 39.4 Å². The van der Waals surface area contributed by atoms with Crippen LogP contribution in [0.5, 0.6) is 0 Å². The zero-order valence-corrected chi connectivity index (χ0v) is 12.1. The standard InChI is InChI=1S/C14H11BrN2O3/c15-8-1-3-11-10(5-8)14(20)17(7-16-11)12-4-2-9(18)6-13(12)19/h1,3,5,7,12H,2,4,6H2. The second kappa shape index (κ2) is 4.94. The molecule has 1 atom stereocenters. The Balaban J connectivity index is 2.13. The first-order valence-corrected chi connectivity index (χ1v) is 7.06. The molecule has 0 aliphatic heterocycles. The van der Waals surface area contributed by atoms with Crippen LogP contribution in [-0.2, 0) is 9.59 Å². The molecule has 1 fully saturated rings. The van der Waals surface area contributed by atoms with Gasteiger partial charge in [0, 0.05) is 10.9 Å². The number of nitrogens with zero attached hydrogens (tertiary/aromatic N) is 2. The molecule has 1 unspecified atom stereocenters. The lowest BCUT2D eigenvalue weighted by molar-refractivity contribution is -0.132. The Hall–Kier alpha value is -1.82. The number of aromatic nitrogens is 2. The minimum Gasteiger partial charge on any atom is -0.299 e. The van der Waals surface area contributed by atoms with E-state index in [2.05, 4.69) is 20.9 Å². The molecule has 1 aromatic heterocycles. The van der Waals surface area contributed by atoms with Crippen molar-refractivity contribution in [2.75, 3.05) is 0 Å². The van der Waals surface area contributed by atoms with Crippen molar-refractivity contribution in [2.45, 2.75) is 25.3 Å². The van der Waals surface area contributed by atoms with Crippen LogP contribution >= 0.6 is 15.9 Å². The zero-order chi connectivity index (χ0) is 14.3. The Kier molecular flexibility index (Phi) is 3.25. The van der Waals surface area contributed by atoms with Crippen LogP contribution in [-0.4, -0.2) is 21.1 Å². The number of ketones is 2. The summed E-state index contributed by atoms with van der Waals surface area (Å²) in [4.78, 5) is 39.9. The third-order valence-electron chi connectivity index (χ3n) is 3.52. The molecule has 1 aliphatic rings. The van der Waals surface area contributed by atoms with E-state index in [0.29, 0.717) is 23.7 Å². The van der Waals surface area contributed by atoms with Crippen LogP contribution < -0.4 is 5.56 Å². The molecular weight excluding hydrogens is 324 g/mol. The van der Waals surface area contributed by atoms with E-state index >= 15 is 0 Å². The highest BCUT2D eigenvalue weighted by molar-refractivity contribution is 9.10. The molecule has 6 heteroatoms. The molecule has 1 heterocycles. The smallest absolute Gasteiger partial charge is 0.261 e. The fourth-order valence-electron chi connectivity index (χ4n) is 2.48. The fraction of sp³-hybridized carbons (Fsp3) is 0.286. The van der Waals surface area contributed by atoms with Gasteiger partial charge in [-0.3, -0.25) is 19.0 Å². The maximum Gasteiger partial charge on any atom is 0.261 e. The number of hydrogen-bond acceptors (Lipinski definition) is 4. The first-order chi connectivity index (χ1) is 9.56. The molecule has 20 heavy (non-hydrogen) atoms. The Bertz CT molecular complexity index is 782. The maximum absolute atomic E-state index is 12.5. The molecule has 0 bridgehead atoms. The predicted molar refractivity (Wildman–Crippen MR) is 76.6 cm³/mol. The van der Waals surface area contributed by atoms with Gasteiger partial charge in [0.25, 0.3) is 5.56 Å². The first-order valence-electron chi connectivity index (χ1n) is 6.27. The van der Waals surface area contributed by atoms with Gasteiger partial charge in [0.15, 0.2) is 5.78 Å². The number of carbonyl (C=O) groups is 2. The molecule has 0 saturated heterocycles. The highest BCUT2D eigenvalue weighted by atomic mass is 79.9. The molecule has 5 nitrogen and oxygen atoms in total. The van der Waals surface area contributed by atoms with Gasteiger partial charge >= 0.3 is 0 Å². The second-order valence-electron chi connectivity index (χ2n) is 4.85. The van der Waals surface area contributed by atoms with Crippen LogP contribution in [0.15, 0.2) is 33.8 Å². The largest absolute Gasteiger partial charge is 0.299 e. The van der Waals surface area contributed by atoms with Crippen LogP contribution in [0, 0.1) is 0 Å². The first kappa shape index (κ1) is 13.2. The minimum absolute atomic E-state index is 0.0595. The summed E-state index contributed by atoms with van der Waals surface area (Å²) < 4.78 is 2.13. The lowest BCUT2D eigenvalue weighted by Gasteiger charge is -2.21. The van der Waals surface area contributed by atoms with E-state index in [9.17, 15) is 14.4 Å². The van der Waals surface area contributed by atoms with Gasteiger partial charge in [-0.05, 0) is 24.6 Å². The van der Waals surface area contributed by atoms with E-state index in [1.807, 2.05) is 6.07 Å². The van der Waals surface area contributed by atoms with E-state index < -0.39 is 6.04 Å². The third kappa shape index (κ3) is 2.20. The number of rotatable bonds is 1. The lowest BCUT2D eigenvalue weighted by Crippen LogP contribution is -2.34. The molecule has 0 radical (unpaired) electrons. The van der Waals surface area contributed by atoms with Crippen LogP contribution in [0.25, 0.3) is 10.9 Å². The molecule has 0 spiro atoms. The van der Waals surface area contributed by atoms with E-state index in [0.717, 1.165) is 4.47 Å². The second-order valence-corrected chi connectivity index (χ2v) is 5.77. The topological polar surface area (TPSA) is 69.0 Å². The summed E-state index contributed by atoms with van der Waals surface area (Å²) in [5.41, 5.74) is 0.345. The van der Waals surface area contributed by atoms with Crippen LogP contribution in [0.3, 0.4) is 0 Å². The van der Waals surface area contributed by atoms with Gasteiger partial charge in [-0.2, -0.15) is 0 Å². The molecule has 1 saturated carbocycles. The SMILES string of the molecule is O=C1CCC(n2cnc3ccc(Br)cc3c2=O)C(=O)C1. The van der Waals surface area contributed by atoms with Crippen LogP contribution in [0.1, 0.15) is 25.3 Å². The summed E-state index contributed by atoms with van der Waals surface area (Å²) in [7, 11) is 0. The van der Waals surface area contributed by atoms with Crippen molar-refractivity contribution in [1.82, 2.24) is 9.55 Å². The van der Waals surface area contributed by atoms with Gasteiger partial charge < -0.3 is 0 Å². The number of Topliss-reactive ketones (excluding diaryl/α,β-unsaturated/α-hetero) is 2. The Morgan fingerprint density at radius 2 is 2.05 bits per heavy atom. The maximum atomic E-state index is 12.5. The normalized spacial score (nSPS) is 19.6. The Labute approximate surface area is 122 Å². The quantitative estimate of drug-likeness (QED) is 0.748. The van der Waals surface area contributed by atoms with Gasteiger partial charge in [0.2, 0.25) is 0 Å². The molecular formula is C14H11BrN2O3. The average molecular weight is 335 g/mol. The van der Waals surface area contributed by atoms with Gasteiger partial charge in [0.1, 0.15) is 5.78 Å². The Morgan fingerprint density at radius 1 is 1.25 bits per heavy atom. The van der Waals surface area contributed by atoms with Gasteiger partial charge in [-0.1, -0.05) is 15.9 Å². The molecule has 3 rings (SSSR count). The highest BCUT2D eigenvalue weighted by Gasteiger charge is 2.29. The van der Waals surface area contributed by atoms with Crippen molar-refractivity contribution in [1.29, 1.82) is 0 Å². The molecule has 1 aliphatic carbocycles. The van der Waals surface area contributed by atoms with E-state index in [1.165, 1.54) is 10.9 Å². The number of benzene rings is 1. The molecule has 102 valence electrons. The van der Waals surface area contributed by atoms with Gasteiger partial charge in [-0.25, -0.2) is 4.98 Å². The minimum atomic E-state index is -0.573. The van der Waals surface area contributed by atoms with Crippen LogP contribution in [0.2, 0.25) is 0 Å². The fourth-order valence-corrected chi connectivity index (χ4v) is 2.84. The predicted octanol–water partition coefficient (Wildman–Crippen LogP) is 2.02. The van der Waals surface area contributed by atoms with Crippen molar-refractivity contribution in [2.24, 2.45) is 0 Å². The van der Waals surface area contributed by atoms with Crippen LogP contribution in [0.4, 0.5) is 0 Å². The van der Waals surface area contributed by atoms with Gasteiger partial charge in [0.05, 0.1) is 29.7 Å². The average Bonchev–Trinajstić information content (AvgIpc) is 2.41. The summed E-state index contributed by atoms with van der Waals surface area (Å²) in [5, 5.41) is 0.464. The number of fused-ring (bicyclic) bond motifs is 1. The van der Waals surface area contributed by atoms with E-state index in [1.54, 1.807) is 12.1 Å². The molecule has 2 aromatic rings. The van der Waals surface area contributed by atoms with E-state index in [-0.39, 0.29) is 23.5 Å². The number of carbonyl (C=O) groups excluding carboxylic acids is 2. The van der Waals surface area contributed by atoms with Gasteiger partial charge in [-0.15, -0.1) is 0 Å².